The Hall–Kier alpha value is -0.520. The standard InChI is InChI=1S/C12H21NO/c1-4-6-12-9-11(7-8-14-12)13-10(3)5-2/h2,10-13H,4,6-9H2,1,3H3. The zero-order valence-corrected chi connectivity index (χ0v) is 9.25. The van der Waals surface area contributed by atoms with Gasteiger partial charge >= 0.3 is 0 Å². The van der Waals surface area contributed by atoms with Crippen LogP contribution in [0, 0.1) is 12.3 Å². The third-order valence-corrected chi connectivity index (χ3v) is 2.71. The molecule has 3 atom stereocenters. The molecule has 0 spiro atoms. The first-order chi connectivity index (χ1) is 6.76. The van der Waals surface area contributed by atoms with Crippen molar-refractivity contribution in [2.24, 2.45) is 0 Å². The van der Waals surface area contributed by atoms with Crippen molar-refractivity contribution in [2.75, 3.05) is 6.61 Å². The number of nitrogens with one attached hydrogen (secondary N) is 1. The van der Waals surface area contributed by atoms with Crippen molar-refractivity contribution in [1.29, 1.82) is 0 Å². The minimum atomic E-state index is 0.181. The van der Waals surface area contributed by atoms with E-state index < -0.39 is 0 Å². The number of rotatable bonds is 4. The van der Waals surface area contributed by atoms with Crippen LogP contribution in [0.4, 0.5) is 0 Å². The number of hydrogen-bond acceptors (Lipinski definition) is 2. The molecule has 0 radical (unpaired) electrons. The average Bonchev–Trinajstić information content (AvgIpc) is 2.19. The SMILES string of the molecule is C#CC(C)NC1CCOC(CCC)C1. The van der Waals surface area contributed by atoms with Crippen molar-refractivity contribution in [1.82, 2.24) is 5.32 Å². The lowest BCUT2D eigenvalue weighted by atomic mass is 9.99. The molecule has 0 aliphatic carbocycles. The van der Waals surface area contributed by atoms with Gasteiger partial charge in [-0.15, -0.1) is 6.42 Å². The molecule has 0 aromatic heterocycles. The molecule has 1 fully saturated rings. The van der Waals surface area contributed by atoms with Gasteiger partial charge in [-0.3, -0.25) is 0 Å². The summed E-state index contributed by atoms with van der Waals surface area (Å²) < 4.78 is 5.67. The highest BCUT2D eigenvalue weighted by Gasteiger charge is 2.22. The molecule has 0 bridgehead atoms. The second-order valence-electron chi connectivity index (χ2n) is 4.06. The van der Waals surface area contributed by atoms with Crippen LogP contribution in [0.25, 0.3) is 0 Å². The summed E-state index contributed by atoms with van der Waals surface area (Å²) in [6, 6.07) is 0.728. The molecule has 1 saturated heterocycles. The van der Waals surface area contributed by atoms with Gasteiger partial charge in [0.1, 0.15) is 0 Å². The summed E-state index contributed by atoms with van der Waals surface area (Å²) in [5.74, 6) is 2.71. The Morgan fingerprint density at radius 2 is 2.43 bits per heavy atom. The first-order valence-electron chi connectivity index (χ1n) is 5.60. The molecule has 1 rings (SSSR count). The monoisotopic (exact) mass is 195 g/mol. The minimum absolute atomic E-state index is 0.181. The van der Waals surface area contributed by atoms with Gasteiger partial charge in [0, 0.05) is 12.6 Å². The van der Waals surface area contributed by atoms with Crippen LogP contribution in [0.1, 0.15) is 39.5 Å². The predicted molar refractivity (Wildman–Crippen MR) is 59.1 cm³/mol. The maximum absolute atomic E-state index is 5.67. The normalized spacial score (nSPS) is 29.5. The maximum Gasteiger partial charge on any atom is 0.0660 e. The van der Waals surface area contributed by atoms with E-state index in [0.717, 1.165) is 19.4 Å². The number of ether oxygens (including phenoxy) is 1. The molecule has 2 nitrogen and oxygen atoms in total. The molecule has 1 aliphatic heterocycles. The van der Waals surface area contributed by atoms with Crippen LogP contribution in [-0.4, -0.2) is 24.8 Å². The maximum atomic E-state index is 5.67. The van der Waals surface area contributed by atoms with E-state index in [9.17, 15) is 0 Å². The molecule has 80 valence electrons. The second kappa shape index (κ2) is 6.06. The zero-order chi connectivity index (χ0) is 10.4. The highest BCUT2D eigenvalue weighted by molar-refractivity contribution is 4.97. The van der Waals surface area contributed by atoms with Crippen molar-refractivity contribution in [2.45, 2.75) is 57.7 Å². The van der Waals surface area contributed by atoms with Gasteiger partial charge in [0.05, 0.1) is 12.1 Å². The van der Waals surface area contributed by atoms with Crippen molar-refractivity contribution < 1.29 is 4.74 Å². The van der Waals surface area contributed by atoms with E-state index in [-0.39, 0.29) is 6.04 Å². The third kappa shape index (κ3) is 3.69. The van der Waals surface area contributed by atoms with Gasteiger partial charge in [-0.05, 0) is 26.2 Å². The van der Waals surface area contributed by atoms with Gasteiger partial charge in [-0.1, -0.05) is 19.3 Å². The van der Waals surface area contributed by atoms with Gasteiger partial charge in [0.2, 0.25) is 0 Å². The van der Waals surface area contributed by atoms with Crippen LogP contribution in [-0.2, 0) is 4.74 Å². The highest BCUT2D eigenvalue weighted by atomic mass is 16.5. The van der Waals surface area contributed by atoms with Crippen LogP contribution in [0.2, 0.25) is 0 Å². The van der Waals surface area contributed by atoms with Crippen molar-refractivity contribution in [3.05, 3.63) is 0 Å². The van der Waals surface area contributed by atoms with E-state index in [2.05, 4.69) is 18.2 Å². The Balaban J connectivity index is 2.29. The molecule has 2 heteroatoms. The first-order valence-corrected chi connectivity index (χ1v) is 5.60. The van der Waals surface area contributed by atoms with Crippen molar-refractivity contribution >= 4 is 0 Å². The van der Waals surface area contributed by atoms with Crippen LogP contribution >= 0.6 is 0 Å². The zero-order valence-electron chi connectivity index (χ0n) is 9.25. The average molecular weight is 195 g/mol. The summed E-state index contributed by atoms with van der Waals surface area (Å²) >= 11 is 0. The van der Waals surface area contributed by atoms with Crippen LogP contribution in [0.3, 0.4) is 0 Å². The fourth-order valence-corrected chi connectivity index (χ4v) is 1.96. The Morgan fingerprint density at radius 1 is 1.64 bits per heavy atom. The Morgan fingerprint density at radius 3 is 3.07 bits per heavy atom. The van der Waals surface area contributed by atoms with Crippen LogP contribution in [0.5, 0.6) is 0 Å². The van der Waals surface area contributed by atoms with E-state index in [4.69, 9.17) is 11.2 Å². The summed E-state index contributed by atoms with van der Waals surface area (Å²) in [5, 5.41) is 3.44. The fraction of sp³-hybridized carbons (Fsp3) is 0.833. The molecule has 1 N–H and O–H groups in total. The quantitative estimate of drug-likeness (QED) is 0.692. The highest BCUT2D eigenvalue weighted by Crippen LogP contribution is 2.17. The molecule has 1 aliphatic rings. The minimum Gasteiger partial charge on any atom is -0.378 e. The van der Waals surface area contributed by atoms with E-state index in [1.807, 2.05) is 6.92 Å². The topological polar surface area (TPSA) is 21.3 Å². The van der Waals surface area contributed by atoms with Gasteiger partial charge < -0.3 is 10.1 Å². The Kier molecular flexibility index (Phi) is 5.00. The third-order valence-electron chi connectivity index (χ3n) is 2.71. The summed E-state index contributed by atoms with van der Waals surface area (Å²) in [5.41, 5.74) is 0. The van der Waals surface area contributed by atoms with Crippen molar-refractivity contribution in [3.8, 4) is 12.3 Å². The van der Waals surface area contributed by atoms with E-state index >= 15 is 0 Å². The molecular weight excluding hydrogens is 174 g/mol. The largest absolute Gasteiger partial charge is 0.378 e. The summed E-state index contributed by atoms with van der Waals surface area (Å²) in [6.07, 6.45) is 10.3. The summed E-state index contributed by atoms with van der Waals surface area (Å²) in [7, 11) is 0. The lowest BCUT2D eigenvalue weighted by molar-refractivity contribution is -0.00375. The predicted octanol–water partition coefficient (Wildman–Crippen LogP) is 1.95. The summed E-state index contributed by atoms with van der Waals surface area (Å²) in [4.78, 5) is 0. The first kappa shape index (κ1) is 11.6. The number of hydrogen-bond donors (Lipinski definition) is 1. The van der Waals surface area contributed by atoms with Gasteiger partial charge in [-0.25, -0.2) is 0 Å². The fourth-order valence-electron chi connectivity index (χ4n) is 1.96. The Labute approximate surface area is 87.4 Å². The van der Waals surface area contributed by atoms with Gasteiger partial charge in [0.25, 0.3) is 0 Å². The molecule has 0 aromatic carbocycles. The van der Waals surface area contributed by atoms with Gasteiger partial charge in [-0.2, -0.15) is 0 Å². The second-order valence-corrected chi connectivity index (χ2v) is 4.06. The number of terminal acetylenes is 1. The lowest BCUT2D eigenvalue weighted by Crippen LogP contribution is -2.42. The molecule has 3 unspecified atom stereocenters. The van der Waals surface area contributed by atoms with Crippen LogP contribution in [0.15, 0.2) is 0 Å². The van der Waals surface area contributed by atoms with E-state index in [1.54, 1.807) is 0 Å². The molecule has 0 saturated carbocycles. The van der Waals surface area contributed by atoms with Crippen LogP contribution < -0.4 is 5.32 Å². The van der Waals surface area contributed by atoms with E-state index in [1.165, 1.54) is 12.8 Å². The lowest BCUT2D eigenvalue weighted by Gasteiger charge is -2.31. The Bertz CT molecular complexity index is 195. The molecular formula is C12H21NO. The smallest absolute Gasteiger partial charge is 0.0660 e. The summed E-state index contributed by atoms with van der Waals surface area (Å²) in [6.45, 7) is 5.11. The van der Waals surface area contributed by atoms with Crippen molar-refractivity contribution in [3.63, 3.8) is 0 Å². The van der Waals surface area contributed by atoms with Gasteiger partial charge in [0.15, 0.2) is 0 Å². The molecule has 0 aromatic rings. The molecule has 14 heavy (non-hydrogen) atoms. The molecule has 0 amide bonds. The van der Waals surface area contributed by atoms with E-state index in [0.29, 0.717) is 12.1 Å². The molecule has 1 heterocycles.